The van der Waals surface area contributed by atoms with Gasteiger partial charge in [0.1, 0.15) is 6.04 Å². The molecular weight excluding hydrogens is 334 g/mol. The number of aryl methyl sites for hydroxylation is 1. The topological polar surface area (TPSA) is 71.1 Å². The molecule has 1 aromatic carbocycles. The van der Waals surface area contributed by atoms with Gasteiger partial charge in [-0.25, -0.2) is 0 Å². The van der Waals surface area contributed by atoms with Gasteiger partial charge in [0.05, 0.1) is 12.2 Å². The molecule has 0 aliphatic heterocycles. The molecule has 0 bridgehead atoms. The Bertz CT molecular complexity index is 707. The molecule has 2 aromatic rings. The Morgan fingerprint density at radius 2 is 2.04 bits per heavy atom. The van der Waals surface area contributed by atoms with E-state index in [4.69, 9.17) is 0 Å². The number of aromatic nitrogens is 1. The van der Waals surface area contributed by atoms with Gasteiger partial charge >= 0.3 is 0 Å². The lowest BCUT2D eigenvalue weighted by atomic mass is 10.1. The summed E-state index contributed by atoms with van der Waals surface area (Å²) in [7, 11) is 0. The fraction of sp³-hybridized carbons (Fsp3) is 0.316. The van der Waals surface area contributed by atoms with Crippen molar-refractivity contribution in [3.05, 3.63) is 65.5 Å². The number of nitrogens with one attached hydrogen (secondary N) is 2. The van der Waals surface area contributed by atoms with Crippen molar-refractivity contribution >= 4 is 23.6 Å². The van der Waals surface area contributed by atoms with Crippen LogP contribution in [0.3, 0.4) is 0 Å². The minimum Gasteiger partial charge on any atom is -0.349 e. The summed E-state index contributed by atoms with van der Waals surface area (Å²) in [6.45, 7) is 2.28. The zero-order valence-electron chi connectivity index (χ0n) is 14.5. The van der Waals surface area contributed by atoms with Crippen LogP contribution in [0.4, 0.5) is 0 Å². The van der Waals surface area contributed by atoms with Crippen LogP contribution in [-0.2, 0) is 11.3 Å². The second kappa shape index (κ2) is 9.84. The smallest absolute Gasteiger partial charge is 0.251 e. The number of carbonyl (C=O) groups is 2. The van der Waals surface area contributed by atoms with E-state index in [1.807, 2.05) is 49.6 Å². The van der Waals surface area contributed by atoms with E-state index in [9.17, 15) is 9.59 Å². The van der Waals surface area contributed by atoms with E-state index >= 15 is 0 Å². The summed E-state index contributed by atoms with van der Waals surface area (Å²) in [5, 5.41) is 5.70. The van der Waals surface area contributed by atoms with Gasteiger partial charge < -0.3 is 10.6 Å². The minimum absolute atomic E-state index is 0.194. The van der Waals surface area contributed by atoms with Crippen LogP contribution in [0.25, 0.3) is 0 Å². The van der Waals surface area contributed by atoms with Crippen LogP contribution in [0, 0.1) is 6.92 Å². The van der Waals surface area contributed by atoms with Crippen LogP contribution in [0.1, 0.15) is 28.0 Å². The molecule has 0 aliphatic carbocycles. The molecule has 0 fully saturated rings. The molecule has 6 heteroatoms. The quantitative estimate of drug-likeness (QED) is 0.762. The molecule has 1 heterocycles. The Morgan fingerprint density at radius 3 is 2.72 bits per heavy atom. The Morgan fingerprint density at radius 1 is 1.20 bits per heavy atom. The first-order valence-electron chi connectivity index (χ1n) is 8.14. The van der Waals surface area contributed by atoms with E-state index in [-0.39, 0.29) is 11.8 Å². The van der Waals surface area contributed by atoms with Gasteiger partial charge in [-0.1, -0.05) is 23.8 Å². The average Bonchev–Trinajstić information content (AvgIpc) is 2.63. The summed E-state index contributed by atoms with van der Waals surface area (Å²) in [6.07, 6.45) is 4.24. The fourth-order valence-electron chi connectivity index (χ4n) is 2.34. The summed E-state index contributed by atoms with van der Waals surface area (Å²) in [5.41, 5.74) is 2.35. The maximum absolute atomic E-state index is 12.5. The van der Waals surface area contributed by atoms with Crippen molar-refractivity contribution in [2.24, 2.45) is 0 Å². The maximum Gasteiger partial charge on any atom is 0.251 e. The summed E-state index contributed by atoms with van der Waals surface area (Å²) < 4.78 is 0. The van der Waals surface area contributed by atoms with Gasteiger partial charge in [0.2, 0.25) is 5.91 Å². The molecule has 1 aromatic heterocycles. The van der Waals surface area contributed by atoms with Crippen molar-refractivity contribution in [3.8, 4) is 0 Å². The Balaban J connectivity index is 1.99. The first kappa shape index (κ1) is 19.0. The number of pyridine rings is 1. The second-order valence-corrected chi connectivity index (χ2v) is 6.70. The SMILES string of the molecule is CSCCC(NC(=O)c1cccc(C)c1)C(=O)NCc1ccccn1. The Kier molecular flexibility index (Phi) is 7.47. The first-order chi connectivity index (χ1) is 12.1. The maximum atomic E-state index is 12.5. The number of rotatable bonds is 8. The molecule has 0 aliphatic rings. The van der Waals surface area contributed by atoms with Gasteiger partial charge in [-0.05, 0) is 49.6 Å². The number of amides is 2. The standard InChI is InChI=1S/C19H23N3O2S/c1-14-6-5-7-15(12-14)18(23)22-17(9-11-25-2)19(24)21-13-16-8-3-4-10-20-16/h3-8,10,12,17H,9,11,13H2,1-2H3,(H,21,24)(H,22,23). The molecule has 0 saturated heterocycles. The average molecular weight is 357 g/mol. The minimum atomic E-state index is -0.566. The largest absolute Gasteiger partial charge is 0.349 e. The van der Waals surface area contributed by atoms with Crippen molar-refractivity contribution in [2.75, 3.05) is 12.0 Å². The molecule has 25 heavy (non-hydrogen) atoms. The normalized spacial score (nSPS) is 11.6. The van der Waals surface area contributed by atoms with E-state index in [1.54, 1.807) is 24.0 Å². The van der Waals surface area contributed by atoms with Gasteiger partial charge in [0, 0.05) is 11.8 Å². The Hall–Kier alpha value is -2.34. The van der Waals surface area contributed by atoms with Crippen molar-refractivity contribution in [1.82, 2.24) is 15.6 Å². The molecule has 132 valence electrons. The van der Waals surface area contributed by atoms with Crippen molar-refractivity contribution in [2.45, 2.75) is 25.9 Å². The lowest BCUT2D eigenvalue weighted by Crippen LogP contribution is -2.47. The molecule has 5 nitrogen and oxygen atoms in total. The summed E-state index contributed by atoms with van der Waals surface area (Å²) in [5.74, 6) is 0.360. The summed E-state index contributed by atoms with van der Waals surface area (Å²) in [6, 6.07) is 12.3. The summed E-state index contributed by atoms with van der Waals surface area (Å²) >= 11 is 1.64. The molecule has 2 N–H and O–H groups in total. The van der Waals surface area contributed by atoms with Crippen molar-refractivity contribution < 1.29 is 9.59 Å². The first-order valence-corrected chi connectivity index (χ1v) is 9.53. The Labute approximate surface area is 152 Å². The highest BCUT2D eigenvalue weighted by Gasteiger charge is 2.21. The van der Waals surface area contributed by atoms with E-state index in [2.05, 4.69) is 15.6 Å². The predicted molar refractivity (Wildman–Crippen MR) is 102 cm³/mol. The van der Waals surface area contributed by atoms with Crippen molar-refractivity contribution in [3.63, 3.8) is 0 Å². The lowest BCUT2D eigenvalue weighted by Gasteiger charge is -2.18. The second-order valence-electron chi connectivity index (χ2n) is 5.72. The van der Waals surface area contributed by atoms with Crippen LogP contribution >= 0.6 is 11.8 Å². The number of thioether (sulfide) groups is 1. The third-order valence-electron chi connectivity index (χ3n) is 3.68. The predicted octanol–water partition coefficient (Wildman–Crippen LogP) is 2.56. The van der Waals surface area contributed by atoms with Crippen LogP contribution in [-0.4, -0.2) is 34.8 Å². The molecule has 2 rings (SSSR count). The lowest BCUT2D eigenvalue weighted by molar-refractivity contribution is -0.123. The van der Waals surface area contributed by atoms with Crippen LogP contribution in [0.5, 0.6) is 0 Å². The molecule has 1 atom stereocenters. The third-order valence-corrected chi connectivity index (χ3v) is 4.33. The monoisotopic (exact) mass is 357 g/mol. The molecule has 0 spiro atoms. The van der Waals surface area contributed by atoms with E-state index < -0.39 is 6.04 Å². The van der Waals surface area contributed by atoms with Crippen LogP contribution in [0.15, 0.2) is 48.7 Å². The molecule has 0 radical (unpaired) electrons. The number of carbonyl (C=O) groups excluding carboxylic acids is 2. The van der Waals surface area contributed by atoms with Gasteiger partial charge in [-0.15, -0.1) is 0 Å². The van der Waals surface area contributed by atoms with E-state index in [1.165, 1.54) is 0 Å². The number of nitrogens with zero attached hydrogens (tertiary/aromatic N) is 1. The fourth-order valence-corrected chi connectivity index (χ4v) is 2.81. The molecular formula is C19H23N3O2S. The molecule has 1 unspecified atom stereocenters. The van der Waals surface area contributed by atoms with Gasteiger partial charge in [-0.3, -0.25) is 14.6 Å². The zero-order valence-corrected chi connectivity index (χ0v) is 15.3. The number of benzene rings is 1. The highest BCUT2D eigenvalue weighted by Crippen LogP contribution is 2.07. The third kappa shape index (κ3) is 6.23. The highest BCUT2D eigenvalue weighted by molar-refractivity contribution is 7.98. The summed E-state index contributed by atoms with van der Waals surface area (Å²) in [4.78, 5) is 29.1. The molecule has 2 amide bonds. The van der Waals surface area contributed by atoms with Gasteiger partial charge in [0.25, 0.3) is 5.91 Å². The number of hydrogen-bond acceptors (Lipinski definition) is 4. The zero-order chi connectivity index (χ0) is 18.1. The van der Waals surface area contributed by atoms with Gasteiger partial charge in [0.15, 0.2) is 0 Å². The van der Waals surface area contributed by atoms with Gasteiger partial charge in [-0.2, -0.15) is 11.8 Å². The highest BCUT2D eigenvalue weighted by atomic mass is 32.2. The van der Waals surface area contributed by atoms with E-state index in [0.717, 1.165) is 17.0 Å². The van der Waals surface area contributed by atoms with E-state index in [0.29, 0.717) is 18.5 Å². The van der Waals surface area contributed by atoms with Crippen molar-refractivity contribution in [1.29, 1.82) is 0 Å². The molecule has 0 saturated carbocycles. The number of hydrogen-bond donors (Lipinski definition) is 2. The van der Waals surface area contributed by atoms with Crippen LogP contribution in [0.2, 0.25) is 0 Å². The van der Waals surface area contributed by atoms with Crippen LogP contribution < -0.4 is 10.6 Å².